The molecule has 3 nitrogen and oxygen atoms in total. The Balaban J connectivity index is 2.44. The van der Waals surface area contributed by atoms with Gasteiger partial charge < -0.3 is 0 Å². The fraction of sp³-hybridized carbons (Fsp3) is 0.200. The Morgan fingerprint density at radius 2 is 2.00 bits per heavy atom. The number of anilines is 1. The molecule has 0 spiro atoms. The summed E-state index contributed by atoms with van der Waals surface area (Å²) in [5, 5.41) is -0.177. The van der Waals surface area contributed by atoms with Crippen LogP contribution in [-0.4, -0.2) is 16.9 Å². The van der Waals surface area contributed by atoms with Gasteiger partial charge in [-0.3, -0.25) is 9.59 Å². The molecule has 0 N–H and O–H groups in total. The minimum Gasteiger partial charge on any atom is -0.273 e. The van der Waals surface area contributed by atoms with Crippen molar-refractivity contribution in [2.45, 2.75) is 6.92 Å². The first-order valence-corrected chi connectivity index (χ1v) is 5.24. The Labute approximate surface area is 86.1 Å². The number of benzene rings is 1. The molecule has 1 aromatic carbocycles. The highest BCUT2D eigenvalue weighted by molar-refractivity contribution is 8.15. The quantitative estimate of drug-likeness (QED) is 0.708. The molecule has 0 aromatic heterocycles. The van der Waals surface area contributed by atoms with Gasteiger partial charge in [0.1, 0.15) is 0 Å². The molecule has 4 heteroatoms. The minimum atomic E-state index is -0.177. The number of aryl methyl sites for hydroxylation is 1. The van der Waals surface area contributed by atoms with Crippen LogP contribution >= 0.6 is 11.8 Å². The second-order valence-electron chi connectivity index (χ2n) is 3.07. The lowest BCUT2D eigenvalue weighted by Crippen LogP contribution is -2.28. The van der Waals surface area contributed by atoms with Gasteiger partial charge in [-0.2, -0.15) is 0 Å². The number of para-hydroxylation sites is 1. The number of rotatable bonds is 1. The Bertz CT molecular complexity index is 387. The van der Waals surface area contributed by atoms with Crippen molar-refractivity contribution in [3.8, 4) is 0 Å². The van der Waals surface area contributed by atoms with Gasteiger partial charge in [-0.15, -0.1) is 0 Å². The fourth-order valence-electron chi connectivity index (χ4n) is 1.40. The van der Waals surface area contributed by atoms with E-state index in [2.05, 4.69) is 0 Å². The first-order valence-electron chi connectivity index (χ1n) is 4.25. The maximum Gasteiger partial charge on any atom is 0.293 e. The van der Waals surface area contributed by atoms with E-state index < -0.39 is 0 Å². The van der Waals surface area contributed by atoms with Gasteiger partial charge in [-0.25, -0.2) is 4.90 Å². The largest absolute Gasteiger partial charge is 0.293 e. The van der Waals surface area contributed by atoms with E-state index in [1.165, 1.54) is 4.90 Å². The van der Waals surface area contributed by atoms with Gasteiger partial charge in [-0.05, 0) is 18.6 Å². The summed E-state index contributed by atoms with van der Waals surface area (Å²) in [4.78, 5) is 24.1. The van der Waals surface area contributed by atoms with Crippen molar-refractivity contribution >= 4 is 28.6 Å². The van der Waals surface area contributed by atoms with E-state index in [4.69, 9.17) is 0 Å². The number of carbonyl (C=O) groups excluding carboxylic acids is 2. The molecule has 0 unspecified atom stereocenters. The highest BCUT2D eigenvalue weighted by Crippen LogP contribution is 2.28. The smallest absolute Gasteiger partial charge is 0.273 e. The van der Waals surface area contributed by atoms with Crippen LogP contribution in [0.1, 0.15) is 5.56 Å². The van der Waals surface area contributed by atoms with E-state index in [9.17, 15) is 9.59 Å². The third-order valence-corrected chi connectivity index (χ3v) is 2.93. The van der Waals surface area contributed by atoms with Crippen molar-refractivity contribution in [2.75, 3.05) is 10.7 Å². The third kappa shape index (κ3) is 1.42. The zero-order valence-corrected chi connectivity index (χ0v) is 8.50. The Hall–Kier alpha value is -1.29. The van der Waals surface area contributed by atoms with E-state index in [0.29, 0.717) is 5.69 Å². The number of thioether (sulfide) groups is 1. The van der Waals surface area contributed by atoms with Crippen molar-refractivity contribution < 1.29 is 9.59 Å². The lowest BCUT2D eigenvalue weighted by atomic mass is 10.2. The third-order valence-electron chi connectivity index (χ3n) is 2.11. The monoisotopic (exact) mass is 207 g/mol. The molecule has 14 heavy (non-hydrogen) atoms. The summed E-state index contributed by atoms with van der Waals surface area (Å²) in [6.45, 7) is 1.89. The lowest BCUT2D eigenvalue weighted by molar-refractivity contribution is -0.115. The second kappa shape index (κ2) is 3.46. The zero-order valence-electron chi connectivity index (χ0n) is 7.69. The van der Waals surface area contributed by atoms with Crippen molar-refractivity contribution in [2.24, 2.45) is 0 Å². The van der Waals surface area contributed by atoms with Gasteiger partial charge in [0.25, 0.3) is 5.24 Å². The Kier molecular flexibility index (Phi) is 2.29. The molecule has 2 amide bonds. The van der Waals surface area contributed by atoms with Crippen LogP contribution in [0.5, 0.6) is 0 Å². The summed E-state index contributed by atoms with van der Waals surface area (Å²) in [6, 6.07) is 7.39. The first kappa shape index (κ1) is 9.27. The lowest BCUT2D eigenvalue weighted by Gasteiger charge is -2.14. The normalized spacial score (nSPS) is 16.5. The highest BCUT2D eigenvalue weighted by Gasteiger charge is 2.31. The van der Waals surface area contributed by atoms with Gasteiger partial charge in [0.05, 0.1) is 11.4 Å². The van der Waals surface area contributed by atoms with Gasteiger partial charge >= 0.3 is 0 Å². The van der Waals surface area contributed by atoms with E-state index in [-0.39, 0.29) is 16.9 Å². The summed E-state index contributed by atoms with van der Waals surface area (Å²) in [5.74, 6) is 0.127. The van der Waals surface area contributed by atoms with E-state index in [1.807, 2.05) is 25.1 Å². The molecule has 0 aliphatic carbocycles. The predicted octanol–water partition coefficient (Wildman–Crippen LogP) is 2.19. The molecule has 0 saturated carbocycles. The minimum absolute atomic E-state index is 0.130. The molecule has 1 saturated heterocycles. The van der Waals surface area contributed by atoms with Crippen LogP contribution in [0.2, 0.25) is 0 Å². The zero-order chi connectivity index (χ0) is 10.1. The van der Waals surface area contributed by atoms with Crippen LogP contribution in [-0.2, 0) is 4.79 Å². The van der Waals surface area contributed by atoms with Gasteiger partial charge in [-0.1, -0.05) is 30.0 Å². The summed E-state index contributed by atoms with van der Waals surface area (Å²) in [6.07, 6.45) is 0. The molecule has 0 bridgehead atoms. The maximum atomic E-state index is 11.4. The summed E-state index contributed by atoms with van der Waals surface area (Å²) in [5.41, 5.74) is 1.64. The highest BCUT2D eigenvalue weighted by atomic mass is 32.2. The standard InChI is InChI=1S/C10H9NO2S/c1-7-4-2-3-5-8(7)11-9(12)6-14-10(11)13/h2-5H,6H2,1H3. The van der Waals surface area contributed by atoms with Crippen LogP contribution in [0.3, 0.4) is 0 Å². The first-order chi connectivity index (χ1) is 6.70. The van der Waals surface area contributed by atoms with Crippen LogP contribution in [0, 0.1) is 6.92 Å². The van der Waals surface area contributed by atoms with Gasteiger partial charge in [0.15, 0.2) is 0 Å². The Morgan fingerprint density at radius 3 is 2.57 bits per heavy atom. The second-order valence-corrected chi connectivity index (χ2v) is 4.00. The number of hydrogen-bond donors (Lipinski definition) is 0. The molecule has 1 aromatic rings. The molecule has 0 atom stereocenters. The molecule has 1 aliphatic rings. The number of hydrogen-bond acceptors (Lipinski definition) is 3. The Morgan fingerprint density at radius 1 is 1.29 bits per heavy atom. The predicted molar refractivity (Wildman–Crippen MR) is 56.5 cm³/mol. The van der Waals surface area contributed by atoms with Crippen molar-refractivity contribution in [3.05, 3.63) is 29.8 Å². The van der Waals surface area contributed by atoms with E-state index in [0.717, 1.165) is 17.3 Å². The van der Waals surface area contributed by atoms with E-state index in [1.54, 1.807) is 6.07 Å². The molecule has 1 aliphatic heterocycles. The van der Waals surface area contributed by atoms with Crippen molar-refractivity contribution in [1.82, 2.24) is 0 Å². The summed E-state index contributed by atoms with van der Waals surface area (Å²) >= 11 is 1.05. The number of nitrogens with zero attached hydrogens (tertiary/aromatic N) is 1. The average molecular weight is 207 g/mol. The number of amides is 2. The molecule has 72 valence electrons. The van der Waals surface area contributed by atoms with Gasteiger partial charge in [0, 0.05) is 0 Å². The van der Waals surface area contributed by atoms with Crippen molar-refractivity contribution in [1.29, 1.82) is 0 Å². The van der Waals surface area contributed by atoms with Crippen LogP contribution < -0.4 is 4.90 Å². The number of carbonyl (C=O) groups is 2. The molecular formula is C10H9NO2S. The summed E-state index contributed by atoms with van der Waals surface area (Å²) < 4.78 is 0. The molecule has 2 rings (SSSR count). The average Bonchev–Trinajstić information content (AvgIpc) is 2.48. The SMILES string of the molecule is Cc1ccccc1N1C(=O)CSC1=O. The molecule has 1 heterocycles. The van der Waals surface area contributed by atoms with Crippen molar-refractivity contribution in [3.63, 3.8) is 0 Å². The molecular weight excluding hydrogens is 198 g/mol. The topological polar surface area (TPSA) is 37.4 Å². The fourth-order valence-corrected chi connectivity index (χ4v) is 2.11. The van der Waals surface area contributed by atoms with Gasteiger partial charge in [0.2, 0.25) is 5.91 Å². The molecule has 0 radical (unpaired) electrons. The van der Waals surface area contributed by atoms with Crippen LogP contribution in [0.4, 0.5) is 10.5 Å². The number of imide groups is 1. The van der Waals surface area contributed by atoms with Crippen LogP contribution in [0.15, 0.2) is 24.3 Å². The molecule has 1 fully saturated rings. The van der Waals surface area contributed by atoms with E-state index >= 15 is 0 Å². The maximum absolute atomic E-state index is 11.4. The van der Waals surface area contributed by atoms with Crippen LogP contribution in [0.25, 0.3) is 0 Å². The summed E-state index contributed by atoms with van der Waals surface area (Å²) in [7, 11) is 0.